The summed E-state index contributed by atoms with van der Waals surface area (Å²) in [6.45, 7) is 4.28. The van der Waals surface area contributed by atoms with Crippen LogP contribution in [-0.4, -0.2) is 52.8 Å². The Kier molecular flexibility index (Phi) is 7.46. The number of halogens is 3. The Labute approximate surface area is 193 Å². The fourth-order valence-corrected chi connectivity index (χ4v) is 4.40. The summed E-state index contributed by atoms with van der Waals surface area (Å²) in [5, 5.41) is 3.49. The molecular formula is C23H23F3N4O2S. The summed E-state index contributed by atoms with van der Waals surface area (Å²) in [7, 11) is 0. The number of amides is 1. The summed E-state index contributed by atoms with van der Waals surface area (Å²) in [5.41, 5.74) is 2.33. The van der Waals surface area contributed by atoms with Crippen molar-refractivity contribution >= 4 is 28.6 Å². The lowest BCUT2D eigenvalue weighted by molar-refractivity contribution is -0.145. The molecule has 0 aliphatic carbocycles. The molecule has 1 N–H and O–H groups in total. The number of thioether (sulfide) groups is 1. The number of carbonyl (C=O) groups is 1. The fraction of sp³-hybridized carbons (Fsp3) is 0.348. The van der Waals surface area contributed by atoms with Gasteiger partial charge in [-0.2, -0.15) is 13.2 Å². The van der Waals surface area contributed by atoms with Gasteiger partial charge in [-0.15, -0.1) is 0 Å². The van der Waals surface area contributed by atoms with Gasteiger partial charge < -0.3 is 10.1 Å². The average Bonchev–Trinajstić information content (AvgIpc) is 2.82. The molecular weight excluding hydrogens is 453 g/mol. The van der Waals surface area contributed by atoms with E-state index < -0.39 is 12.0 Å². The van der Waals surface area contributed by atoms with Crippen LogP contribution in [0.3, 0.4) is 0 Å². The molecule has 2 aromatic carbocycles. The van der Waals surface area contributed by atoms with Gasteiger partial charge in [0.15, 0.2) is 0 Å². The zero-order chi connectivity index (χ0) is 23.3. The van der Waals surface area contributed by atoms with Gasteiger partial charge in [0.2, 0.25) is 11.7 Å². The summed E-state index contributed by atoms with van der Waals surface area (Å²) in [6.07, 6.45) is -4.66. The number of para-hydroxylation sites is 1. The third kappa shape index (κ3) is 6.21. The Bertz CT molecular complexity index is 1120. The van der Waals surface area contributed by atoms with Gasteiger partial charge in [-0.1, -0.05) is 54.2 Å². The predicted octanol–water partition coefficient (Wildman–Crippen LogP) is 3.89. The highest BCUT2D eigenvalue weighted by Gasteiger charge is 2.35. The summed E-state index contributed by atoms with van der Waals surface area (Å²) < 4.78 is 44.9. The van der Waals surface area contributed by atoms with Crippen molar-refractivity contribution in [1.29, 1.82) is 0 Å². The first kappa shape index (κ1) is 23.5. The van der Waals surface area contributed by atoms with Gasteiger partial charge in [-0.05, 0) is 17.2 Å². The monoisotopic (exact) mass is 476 g/mol. The van der Waals surface area contributed by atoms with Crippen molar-refractivity contribution in [3.05, 3.63) is 65.5 Å². The van der Waals surface area contributed by atoms with Crippen LogP contribution in [0, 0.1) is 0 Å². The van der Waals surface area contributed by atoms with E-state index >= 15 is 0 Å². The number of carbonyl (C=O) groups excluding carboxylic acids is 1. The van der Waals surface area contributed by atoms with Crippen LogP contribution in [0.15, 0.2) is 53.6 Å². The second kappa shape index (κ2) is 10.5. The largest absolute Gasteiger partial charge is 0.451 e. The number of ether oxygens (including phenoxy) is 1. The molecule has 0 spiro atoms. The van der Waals surface area contributed by atoms with Gasteiger partial charge in [0.1, 0.15) is 5.03 Å². The van der Waals surface area contributed by atoms with E-state index in [-0.39, 0.29) is 22.2 Å². The van der Waals surface area contributed by atoms with Gasteiger partial charge in [0, 0.05) is 31.6 Å². The molecule has 1 aromatic heterocycles. The lowest BCUT2D eigenvalue weighted by Crippen LogP contribution is -2.36. The molecule has 0 bridgehead atoms. The van der Waals surface area contributed by atoms with Gasteiger partial charge in [0.25, 0.3) is 0 Å². The minimum Gasteiger partial charge on any atom is -0.379 e. The number of hydrogen-bond acceptors (Lipinski definition) is 6. The molecule has 0 saturated carbocycles. The zero-order valence-corrected chi connectivity index (χ0v) is 18.6. The molecule has 1 amide bonds. The van der Waals surface area contributed by atoms with Crippen molar-refractivity contribution in [2.75, 3.05) is 32.1 Å². The first-order chi connectivity index (χ1) is 15.9. The molecule has 3 aromatic rings. The van der Waals surface area contributed by atoms with Crippen LogP contribution in [0.1, 0.15) is 17.0 Å². The van der Waals surface area contributed by atoms with E-state index in [0.29, 0.717) is 25.1 Å². The molecule has 10 heteroatoms. The summed E-state index contributed by atoms with van der Waals surface area (Å²) in [4.78, 5) is 22.1. The third-order valence-electron chi connectivity index (χ3n) is 5.25. The van der Waals surface area contributed by atoms with Gasteiger partial charge in [0.05, 0.1) is 24.5 Å². The number of aromatic nitrogens is 2. The second-order valence-corrected chi connectivity index (χ2v) is 8.55. The van der Waals surface area contributed by atoms with E-state index in [9.17, 15) is 18.0 Å². The summed E-state index contributed by atoms with van der Waals surface area (Å²) >= 11 is 0.971. The SMILES string of the molecule is O=C(CSc1nc(C(F)(F)F)nc2ccccc12)NCc1ccccc1CN1CCOCC1. The van der Waals surface area contributed by atoms with Crippen molar-refractivity contribution in [2.24, 2.45) is 0 Å². The number of morpholine rings is 1. The fourth-order valence-electron chi connectivity index (χ4n) is 3.55. The Morgan fingerprint density at radius 3 is 2.48 bits per heavy atom. The van der Waals surface area contributed by atoms with Crippen LogP contribution in [0.5, 0.6) is 0 Å². The highest BCUT2D eigenvalue weighted by atomic mass is 32.2. The Hall–Kier alpha value is -2.69. The molecule has 0 unspecified atom stereocenters. The highest BCUT2D eigenvalue weighted by molar-refractivity contribution is 8.00. The maximum atomic E-state index is 13.2. The van der Waals surface area contributed by atoms with E-state index in [1.165, 1.54) is 6.07 Å². The molecule has 174 valence electrons. The normalized spacial score (nSPS) is 15.0. The van der Waals surface area contributed by atoms with Crippen LogP contribution in [0.4, 0.5) is 13.2 Å². The van der Waals surface area contributed by atoms with E-state index in [1.54, 1.807) is 18.2 Å². The van der Waals surface area contributed by atoms with Crippen molar-refractivity contribution in [3.8, 4) is 0 Å². The highest BCUT2D eigenvalue weighted by Crippen LogP contribution is 2.32. The van der Waals surface area contributed by atoms with Crippen LogP contribution >= 0.6 is 11.8 Å². The molecule has 2 heterocycles. The van der Waals surface area contributed by atoms with Crippen molar-refractivity contribution in [2.45, 2.75) is 24.3 Å². The Balaban J connectivity index is 1.39. The summed E-state index contributed by atoms with van der Waals surface area (Å²) in [5.74, 6) is -1.54. The molecule has 1 aliphatic rings. The van der Waals surface area contributed by atoms with Crippen LogP contribution in [0.2, 0.25) is 0 Å². The Morgan fingerprint density at radius 1 is 1.03 bits per heavy atom. The van der Waals surface area contributed by atoms with E-state index in [2.05, 4.69) is 20.2 Å². The molecule has 1 fully saturated rings. The van der Waals surface area contributed by atoms with E-state index in [0.717, 1.165) is 42.5 Å². The van der Waals surface area contributed by atoms with Crippen LogP contribution in [0.25, 0.3) is 10.9 Å². The topological polar surface area (TPSA) is 67.4 Å². The number of fused-ring (bicyclic) bond motifs is 1. The van der Waals surface area contributed by atoms with E-state index in [4.69, 9.17) is 4.74 Å². The Morgan fingerprint density at radius 2 is 1.73 bits per heavy atom. The number of nitrogens with zero attached hydrogens (tertiary/aromatic N) is 3. The van der Waals surface area contributed by atoms with Crippen molar-refractivity contribution < 1.29 is 22.7 Å². The lowest BCUT2D eigenvalue weighted by atomic mass is 10.1. The van der Waals surface area contributed by atoms with Gasteiger partial charge in [-0.25, -0.2) is 9.97 Å². The first-order valence-corrected chi connectivity index (χ1v) is 11.5. The maximum Gasteiger partial charge on any atom is 0.451 e. The molecule has 6 nitrogen and oxygen atoms in total. The first-order valence-electron chi connectivity index (χ1n) is 10.5. The number of benzene rings is 2. The van der Waals surface area contributed by atoms with Gasteiger partial charge in [-0.3, -0.25) is 9.69 Å². The van der Waals surface area contributed by atoms with Gasteiger partial charge >= 0.3 is 6.18 Å². The number of hydrogen-bond donors (Lipinski definition) is 1. The smallest absolute Gasteiger partial charge is 0.379 e. The third-order valence-corrected chi connectivity index (χ3v) is 6.25. The van der Waals surface area contributed by atoms with Crippen LogP contribution < -0.4 is 5.32 Å². The maximum absolute atomic E-state index is 13.2. The number of nitrogens with one attached hydrogen (secondary N) is 1. The molecule has 1 saturated heterocycles. The lowest BCUT2D eigenvalue weighted by Gasteiger charge is -2.27. The predicted molar refractivity (Wildman–Crippen MR) is 120 cm³/mol. The number of rotatable bonds is 7. The standard InChI is InChI=1S/C23H23F3N4O2S/c24-23(25,26)22-28-19-8-4-3-7-18(19)21(29-22)33-15-20(31)27-13-16-5-1-2-6-17(16)14-30-9-11-32-12-10-30/h1-8H,9-15H2,(H,27,31). The zero-order valence-electron chi connectivity index (χ0n) is 17.8. The second-order valence-electron chi connectivity index (χ2n) is 7.59. The number of alkyl halides is 3. The molecule has 33 heavy (non-hydrogen) atoms. The van der Waals surface area contributed by atoms with Crippen LogP contribution in [-0.2, 0) is 28.8 Å². The van der Waals surface area contributed by atoms with Crippen molar-refractivity contribution in [3.63, 3.8) is 0 Å². The van der Waals surface area contributed by atoms with E-state index in [1.807, 2.05) is 24.3 Å². The minimum absolute atomic E-state index is 0.0517. The quantitative estimate of drug-likeness (QED) is 0.412. The molecule has 0 radical (unpaired) electrons. The molecule has 1 aliphatic heterocycles. The van der Waals surface area contributed by atoms with Crippen molar-refractivity contribution in [1.82, 2.24) is 20.2 Å². The minimum atomic E-state index is -4.66. The molecule has 0 atom stereocenters. The average molecular weight is 477 g/mol. The molecule has 4 rings (SSSR count). The summed E-state index contributed by atoms with van der Waals surface area (Å²) in [6, 6.07) is 14.4.